The maximum atomic E-state index is 6.40. The molecule has 1 aromatic heterocycles. The van der Waals surface area contributed by atoms with E-state index in [0.717, 1.165) is 35.9 Å². The van der Waals surface area contributed by atoms with E-state index in [4.69, 9.17) is 19.9 Å². The van der Waals surface area contributed by atoms with Crippen molar-refractivity contribution in [2.45, 2.75) is 12.5 Å². The van der Waals surface area contributed by atoms with Gasteiger partial charge in [-0.2, -0.15) is 0 Å². The van der Waals surface area contributed by atoms with Gasteiger partial charge in [-0.15, -0.1) is 0 Å². The molecule has 2 aliphatic rings. The molecule has 4 rings (SSSR count). The van der Waals surface area contributed by atoms with Crippen LogP contribution in [0.4, 0.5) is 0 Å². The zero-order valence-electron chi connectivity index (χ0n) is 11.6. The number of rotatable bonds is 3. The van der Waals surface area contributed by atoms with Crippen LogP contribution in [0.15, 0.2) is 30.7 Å². The van der Waals surface area contributed by atoms with Gasteiger partial charge in [-0.05, 0) is 18.6 Å². The topological polar surface area (TPSA) is 71.5 Å². The second kappa shape index (κ2) is 5.05. The minimum atomic E-state index is -0.0829. The third-order valence-electron chi connectivity index (χ3n) is 4.12. The number of hydrogen-bond acceptors (Lipinski definition) is 5. The van der Waals surface area contributed by atoms with Crippen molar-refractivity contribution in [3.05, 3.63) is 36.4 Å². The Kier molecular flexibility index (Phi) is 3.05. The third-order valence-corrected chi connectivity index (χ3v) is 4.12. The van der Waals surface area contributed by atoms with Gasteiger partial charge in [0.05, 0.1) is 36.6 Å². The van der Waals surface area contributed by atoms with E-state index in [0.29, 0.717) is 12.5 Å². The number of fused-ring (bicyclic) bond motifs is 1. The Balaban J connectivity index is 1.68. The summed E-state index contributed by atoms with van der Waals surface area (Å²) in [6.45, 7) is 1.78. The third kappa shape index (κ3) is 2.16. The smallest absolute Gasteiger partial charge is 0.231 e. The van der Waals surface area contributed by atoms with Gasteiger partial charge in [-0.3, -0.25) is 0 Å². The second-order valence-corrected chi connectivity index (χ2v) is 5.38. The minimum absolute atomic E-state index is 0.0829. The summed E-state index contributed by atoms with van der Waals surface area (Å²) in [5.74, 6) is 1.87. The Bertz CT molecular complexity index is 649. The van der Waals surface area contributed by atoms with Crippen LogP contribution in [0.5, 0.6) is 11.5 Å². The zero-order chi connectivity index (χ0) is 14.2. The summed E-state index contributed by atoms with van der Waals surface area (Å²) in [7, 11) is 0. The van der Waals surface area contributed by atoms with Crippen molar-refractivity contribution in [3.63, 3.8) is 0 Å². The Hall–Kier alpha value is -2.05. The van der Waals surface area contributed by atoms with E-state index in [2.05, 4.69) is 4.98 Å². The summed E-state index contributed by atoms with van der Waals surface area (Å²) in [6, 6.07) is 5.76. The predicted molar refractivity (Wildman–Crippen MR) is 75.5 cm³/mol. The first kappa shape index (κ1) is 12.7. The van der Waals surface area contributed by atoms with Gasteiger partial charge in [0.15, 0.2) is 11.5 Å². The number of benzene rings is 1. The van der Waals surface area contributed by atoms with Crippen LogP contribution >= 0.6 is 0 Å². The van der Waals surface area contributed by atoms with Crippen molar-refractivity contribution >= 4 is 0 Å². The molecule has 1 fully saturated rings. The van der Waals surface area contributed by atoms with Crippen LogP contribution in [0.1, 0.15) is 18.2 Å². The highest BCUT2D eigenvalue weighted by molar-refractivity contribution is 5.50. The predicted octanol–water partition coefficient (Wildman–Crippen LogP) is 1.64. The molecule has 0 radical (unpaired) electrons. The first-order valence-electron chi connectivity index (χ1n) is 7.08. The Morgan fingerprint density at radius 1 is 1.29 bits per heavy atom. The van der Waals surface area contributed by atoms with E-state index >= 15 is 0 Å². The molecule has 6 nitrogen and oxygen atoms in total. The summed E-state index contributed by atoms with van der Waals surface area (Å²) in [5.41, 5.74) is 8.36. The first-order chi connectivity index (χ1) is 10.3. The van der Waals surface area contributed by atoms with Crippen LogP contribution in [-0.2, 0) is 4.74 Å². The van der Waals surface area contributed by atoms with E-state index in [9.17, 15) is 0 Å². The molecule has 1 aromatic carbocycles. The molecule has 0 amide bonds. The molecule has 2 aliphatic heterocycles. The molecule has 2 unspecified atom stereocenters. The second-order valence-electron chi connectivity index (χ2n) is 5.38. The van der Waals surface area contributed by atoms with Gasteiger partial charge < -0.3 is 24.5 Å². The molecular weight excluding hydrogens is 270 g/mol. The molecule has 2 aromatic rings. The Labute approximate surface area is 122 Å². The van der Waals surface area contributed by atoms with E-state index in [1.807, 2.05) is 29.0 Å². The molecule has 2 N–H and O–H groups in total. The van der Waals surface area contributed by atoms with Gasteiger partial charge in [-0.1, -0.05) is 0 Å². The van der Waals surface area contributed by atoms with Crippen molar-refractivity contribution in [1.29, 1.82) is 0 Å². The molecule has 110 valence electrons. The highest BCUT2D eigenvalue weighted by atomic mass is 16.7. The summed E-state index contributed by atoms with van der Waals surface area (Å²) >= 11 is 0. The average Bonchev–Trinajstić information content (AvgIpc) is 3.24. The molecule has 2 atom stereocenters. The van der Waals surface area contributed by atoms with E-state index in [1.165, 1.54) is 0 Å². The molecular formula is C15H17N3O3. The first-order valence-corrected chi connectivity index (χ1v) is 7.08. The van der Waals surface area contributed by atoms with Gasteiger partial charge in [0.1, 0.15) is 0 Å². The van der Waals surface area contributed by atoms with Crippen molar-refractivity contribution < 1.29 is 14.2 Å². The van der Waals surface area contributed by atoms with E-state index < -0.39 is 0 Å². The van der Waals surface area contributed by atoms with Crippen LogP contribution in [0.3, 0.4) is 0 Å². The summed E-state index contributed by atoms with van der Waals surface area (Å²) in [6.07, 6.45) is 4.60. The lowest BCUT2D eigenvalue weighted by Crippen LogP contribution is -2.24. The van der Waals surface area contributed by atoms with Crippen molar-refractivity contribution in [2.75, 3.05) is 20.0 Å². The number of aromatic nitrogens is 2. The number of nitrogens with zero attached hydrogens (tertiary/aromatic N) is 2. The average molecular weight is 287 g/mol. The molecule has 6 heteroatoms. The van der Waals surface area contributed by atoms with Crippen molar-refractivity contribution in [3.8, 4) is 17.2 Å². The monoisotopic (exact) mass is 287 g/mol. The lowest BCUT2D eigenvalue weighted by molar-refractivity contribution is 0.174. The summed E-state index contributed by atoms with van der Waals surface area (Å²) in [5, 5.41) is 0. The molecule has 3 heterocycles. The fraction of sp³-hybridized carbons (Fsp3) is 0.400. The highest BCUT2D eigenvalue weighted by Crippen LogP contribution is 2.35. The number of hydrogen-bond donors (Lipinski definition) is 1. The molecule has 0 saturated carbocycles. The van der Waals surface area contributed by atoms with Gasteiger partial charge in [0.2, 0.25) is 6.79 Å². The zero-order valence-corrected chi connectivity index (χ0v) is 11.6. The number of nitrogens with two attached hydrogens (primary N) is 1. The van der Waals surface area contributed by atoms with E-state index in [1.54, 1.807) is 6.33 Å². The fourth-order valence-corrected chi connectivity index (χ4v) is 2.88. The van der Waals surface area contributed by atoms with E-state index in [-0.39, 0.29) is 12.8 Å². The Morgan fingerprint density at radius 3 is 3.05 bits per heavy atom. The fourth-order valence-electron chi connectivity index (χ4n) is 2.88. The highest BCUT2D eigenvalue weighted by Gasteiger charge is 2.27. The van der Waals surface area contributed by atoms with Crippen LogP contribution in [0, 0.1) is 5.92 Å². The largest absolute Gasteiger partial charge is 0.454 e. The maximum absolute atomic E-state index is 6.40. The minimum Gasteiger partial charge on any atom is -0.454 e. The van der Waals surface area contributed by atoms with Crippen LogP contribution in [0.25, 0.3) is 5.69 Å². The van der Waals surface area contributed by atoms with Gasteiger partial charge in [0.25, 0.3) is 0 Å². The van der Waals surface area contributed by atoms with Crippen molar-refractivity contribution in [2.24, 2.45) is 11.7 Å². The van der Waals surface area contributed by atoms with Crippen LogP contribution < -0.4 is 15.2 Å². The number of imidazole rings is 1. The molecule has 0 bridgehead atoms. The standard InChI is InChI=1S/C15H17N3O3/c16-15(10-3-4-19-7-10)12-6-17-8-18(12)11-1-2-13-14(5-11)21-9-20-13/h1-2,5-6,8,10,15H,3-4,7,9,16H2. The van der Waals surface area contributed by atoms with Gasteiger partial charge in [0, 0.05) is 18.6 Å². The van der Waals surface area contributed by atoms with Crippen LogP contribution in [-0.4, -0.2) is 29.6 Å². The summed E-state index contributed by atoms with van der Waals surface area (Å²) in [4.78, 5) is 4.25. The van der Waals surface area contributed by atoms with Gasteiger partial charge >= 0.3 is 0 Å². The normalized spacial score (nSPS) is 21.7. The van der Waals surface area contributed by atoms with Crippen LogP contribution in [0.2, 0.25) is 0 Å². The molecule has 0 aliphatic carbocycles. The summed E-state index contributed by atoms with van der Waals surface area (Å²) < 4.78 is 18.2. The molecule has 21 heavy (non-hydrogen) atoms. The Morgan fingerprint density at radius 2 is 2.19 bits per heavy atom. The van der Waals surface area contributed by atoms with Gasteiger partial charge in [-0.25, -0.2) is 4.98 Å². The lowest BCUT2D eigenvalue weighted by Gasteiger charge is -2.19. The SMILES string of the molecule is NC(c1cncn1-c1ccc2c(c1)OCO2)C1CCOC1. The maximum Gasteiger partial charge on any atom is 0.231 e. The molecule has 1 saturated heterocycles. The molecule has 0 spiro atoms. The van der Waals surface area contributed by atoms with Crippen molar-refractivity contribution in [1.82, 2.24) is 9.55 Å². The lowest BCUT2D eigenvalue weighted by atomic mass is 9.97. The quantitative estimate of drug-likeness (QED) is 0.929. The number of ether oxygens (including phenoxy) is 3.